The van der Waals surface area contributed by atoms with Crippen LogP contribution in [0.4, 0.5) is 5.69 Å². The van der Waals surface area contributed by atoms with Crippen molar-refractivity contribution in [3.63, 3.8) is 0 Å². The van der Waals surface area contributed by atoms with Gasteiger partial charge in [-0.3, -0.25) is 4.79 Å². The van der Waals surface area contributed by atoms with Gasteiger partial charge in [0.2, 0.25) is 5.91 Å². The molecule has 86 valence electrons. The molecule has 2 rings (SSSR count). The summed E-state index contributed by atoms with van der Waals surface area (Å²) in [6.07, 6.45) is 3.04. The molecule has 1 aliphatic rings. The lowest BCUT2D eigenvalue weighted by Crippen LogP contribution is -2.22. The van der Waals surface area contributed by atoms with Gasteiger partial charge in [-0.05, 0) is 42.9 Å². The molecule has 2 unspecified atom stereocenters. The molecule has 16 heavy (non-hydrogen) atoms. The Kier molecular flexibility index (Phi) is 2.98. The first kappa shape index (κ1) is 11.5. The van der Waals surface area contributed by atoms with E-state index in [2.05, 4.69) is 12.2 Å². The first-order valence-electron chi connectivity index (χ1n) is 5.52. The third kappa shape index (κ3) is 2.09. The largest absolute Gasteiger partial charge is 0.326 e. The summed E-state index contributed by atoms with van der Waals surface area (Å²) in [6, 6.07) is 7.97. The number of hydrogen-bond donors (Lipinski definition) is 1. The van der Waals surface area contributed by atoms with Gasteiger partial charge in [0, 0.05) is 16.0 Å². The topological polar surface area (TPSA) is 29.1 Å². The maximum Gasteiger partial charge on any atom is 0.230 e. The van der Waals surface area contributed by atoms with Gasteiger partial charge in [-0.15, -0.1) is 11.8 Å². The summed E-state index contributed by atoms with van der Waals surface area (Å²) >= 11 is 1.70. The summed E-state index contributed by atoms with van der Waals surface area (Å²) in [4.78, 5) is 13.2. The number of benzene rings is 1. The van der Waals surface area contributed by atoms with Gasteiger partial charge in [-0.25, -0.2) is 0 Å². The summed E-state index contributed by atoms with van der Waals surface area (Å²) in [7, 11) is 0. The zero-order valence-electron chi connectivity index (χ0n) is 9.91. The number of thioether (sulfide) groups is 1. The van der Waals surface area contributed by atoms with E-state index in [1.54, 1.807) is 11.8 Å². The summed E-state index contributed by atoms with van der Waals surface area (Å²) in [5, 5.41) is 2.98. The van der Waals surface area contributed by atoms with Gasteiger partial charge in [0.1, 0.15) is 0 Å². The molecular formula is C13H17NOS. The molecule has 1 fully saturated rings. The molecule has 0 aromatic heterocycles. The average molecular weight is 235 g/mol. The lowest BCUT2D eigenvalue weighted by molar-refractivity contribution is -0.121. The SMILES string of the molecule is CSc1ccc(NC(=O)C2(C)CC2C)cc1. The number of carbonyl (C=O) groups is 1. The maximum absolute atomic E-state index is 11.9. The first-order chi connectivity index (χ1) is 7.56. The fourth-order valence-electron chi connectivity index (χ4n) is 1.84. The highest BCUT2D eigenvalue weighted by Crippen LogP contribution is 2.52. The second-order valence-corrected chi connectivity index (χ2v) is 5.58. The normalized spacial score (nSPS) is 27.6. The van der Waals surface area contributed by atoms with Gasteiger partial charge < -0.3 is 5.32 Å². The number of hydrogen-bond acceptors (Lipinski definition) is 2. The van der Waals surface area contributed by atoms with Crippen molar-refractivity contribution in [1.29, 1.82) is 0 Å². The minimum Gasteiger partial charge on any atom is -0.326 e. The average Bonchev–Trinajstić information content (AvgIpc) is 2.89. The van der Waals surface area contributed by atoms with Crippen LogP contribution in [0, 0.1) is 11.3 Å². The minimum absolute atomic E-state index is 0.141. The highest BCUT2D eigenvalue weighted by molar-refractivity contribution is 7.98. The van der Waals surface area contributed by atoms with E-state index in [9.17, 15) is 4.79 Å². The summed E-state index contributed by atoms with van der Waals surface area (Å²) in [6.45, 7) is 4.15. The molecule has 2 atom stereocenters. The number of carbonyl (C=O) groups excluding carboxylic acids is 1. The van der Waals surface area contributed by atoms with Gasteiger partial charge in [0.15, 0.2) is 0 Å². The van der Waals surface area contributed by atoms with Crippen LogP contribution in [0.5, 0.6) is 0 Å². The third-order valence-electron chi connectivity index (χ3n) is 3.52. The van der Waals surface area contributed by atoms with Crippen molar-refractivity contribution in [2.24, 2.45) is 11.3 Å². The van der Waals surface area contributed by atoms with Crippen LogP contribution in [0.15, 0.2) is 29.2 Å². The second-order valence-electron chi connectivity index (χ2n) is 4.71. The number of nitrogens with one attached hydrogen (secondary N) is 1. The van der Waals surface area contributed by atoms with Crippen LogP contribution in [0.25, 0.3) is 0 Å². The van der Waals surface area contributed by atoms with Crippen LogP contribution in [0.3, 0.4) is 0 Å². The van der Waals surface area contributed by atoms with Crippen LogP contribution in [-0.4, -0.2) is 12.2 Å². The van der Waals surface area contributed by atoms with E-state index in [1.807, 2.05) is 37.4 Å². The monoisotopic (exact) mass is 235 g/mol. The highest BCUT2D eigenvalue weighted by Gasteiger charge is 2.52. The first-order valence-corrected chi connectivity index (χ1v) is 6.74. The van der Waals surface area contributed by atoms with E-state index in [0.29, 0.717) is 5.92 Å². The molecule has 3 heteroatoms. The van der Waals surface area contributed by atoms with Crippen LogP contribution in [-0.2, 0) is 4.79 Å². The van der Waals surface area contributed by atoms with Crippen molar-refractivity contribution in [2.75, 3.05) is 11.6 Å². The second kappa shape index (κ2) is 4.13. The predicted molar refractivity (Wildman–Crippen MR) is 68.7 cm³/mol. The Morgan fingerprint density at radius 2 is 2.00 bits per heavy atom. The molecule has 1 aromatic rings. The molecule has 0 spiro atoms. The zero-order valence-corrected chi connectivity index (χ0v) is 10.7. The summed E-state index contributed by atoms with van der Waals surface area (Å²) < 4.78 is 0. The van der Waals surface area contributed by atoms with E-state index >= 15 is 0 Å². The van der Waals surface area contributed by atoms with Gasteiger partial charge >= 0.3 is 0 Å². The van der Waals surface area contributed by atoms with Crippen molar-refractivity contribution in [3.05, 3.63) is 24.3 Å². The van der Waals surface area contributed by atoms with Gasteiger partial charge in [-0.2, -0.15) is 0 Å². The molecule has 1 aliphatic carbocycles. The van der Waals surface area contributed by atoms with Crippen molar-refractivity contribution in [1.82, 2.24) is 0 Å². The molecule has 0 aliphatic heterocycles. The lowest BCUT2D eigenvalue weighted by atomic mass is 10.1. The lowest BCUT2D eigenvalue weighted by Gasteiger charge is -2.11. The van der Waals surface area contributed by atoms with Gasteiger partial charge in [-0.1, -0.05) is 13.8 Å². The third-order valence-corrected chi connectivity index (χ3v) is 4.27. The van der Waals surface area contributed by atoms with Crippen molar-refractivity contribution < 1.29 is 4.79 Å². The molecule has 0 radical (unpaired) electrons. The van der Waals surface area contributed by atoms with Crippen LogP contribution >= 0.6 is 11.8 Å². The zero-order chi connectivity index (χ0) is 11.8. The molecular weight excluding hydrogens is 218 g/mol. The number of anilines is 1. The molecule has 0 bridgehead atoms. The Morgan fingerprint density at radius 1 is 1.44 bits per heavy atom. The predicted octanol–water partition coefficient (Wildman–Crippen LogP) is 3.39. The molecule has 1 aromatic carbocycles. The molecule has 0 heterocycles. The van der Waals surface area contributed by atoms with Crippen molar-refractivity contribution >= 4 is 23.4 Å². The Bertz CT molecular complexity index is 401. The van der Waals surface area contributed by atoms with Crippen molar-refractivity contribution in [2.45, 2.75) is 25.2 Å². The van der Waals surface area contributed by atoms with Gasteiger partial charge in [0.05, 0.1) is 0 Å². The molecule has 1 amide bonds. The number of rotatable bonds is 3. The smallest absolute Gasteiger partial charge is 0.230 e. The maximum atomic E-state index is 11.9. The summed E-state index contributed by atoms with van der Waals surface area (Å²) in [5.74, 6) is 0.662. The Hall–Kier alpha value is -0.960. The molecule has 1 saturated carbocycles. The molecule has 0 saturated heterocycles. The fraction of sp³-hybridized carbons (Fsp3) is 0.462. The minimum atomic E-state index is -0.141. The van der Waals surface area contributed by atoms with Crippen LogP contribution in [0.2, 0.25) is 0 Å². The number of amides is 1. The van der Waals surface area contributed by atoms with E-state index in [4.69, 9.17) is 0 Å². The summed E-state index contributed by atoms with van der Waals surface area (Å²) in [5.41, 5.74) is 0.751. The molecule has 2 nitrogen and oxygen atoms in total. The van der Waals surface area contributed by atoms with E-state index in [-0.39, 0.29) is 11.3 Å². The van der Waals surface area contributed by atoms with E-state index < -0.39 is 0 Å². The van der Waals surface area contributed by atoms with Crippen molar-refractivity contribution in [3.8, 4) is 0 Å². The van der Waals surface area contributed by atoms with Gasteiger partial charge in [0.25, 0.3) is 0 Å². The Morgan fingerprint density at radius 3 is 2.44 bits per heavy atom. The highest BCUT2D eigenvalue weighted by atomic mass is 32.2. The Labute approximate surface area is 101 Å². The molecule has 1 N–H and O–H groups in total. The fourth-order valence-corrected chi connectivity index (χ4v) is 2.25. The van der Waals surface area contributed by atoms with E-state index in [0.717, 1.165) is 12.1 Å². The Balaban J connectivity index is 2.01. The quantitative estimate of drug-likeness (QED) is 0.814. The van der Waals surface area contributed by atoms with Crippen LogP contribution in [0.1, 0.15) is 20.3 Å². The van der Waals surface area contributed by atoms with Crippen LogP contribution < -0.4 is 5.32 Å². The standard InChI is InChI=1S/C13H17NOS/c1-9-8-13(9,2)12(15)14-10-4-6-11(16-3)7-5-10/h4-7,9H,8H2,1-3H3,(H,14,15). The van der Waals surface area contributed by atoms with E-state index in [1.165, 1.54) is 4.90 Å².